The molecule has 345 valence electrons. The molecule has 0 aliphatic rings. The first-order valence-electron chi connectivity index (χ1n) is 19.8. The Morgan fingerprint density at radius 2 is 0.914 bits per heavy atom. The van der Waals surface area contributed by atoms with E-state index in [9.17, 15) is 44.7 Å². The summed E-state index contributed by atoms with van der Waals surface area (Å²) < 4.78 is 16.3. The van der Waals surface area contributed by atoms with Gasteiger partial charge < -0.3 is 29.5 Å². The molecule has 0 spiro atoms. The van der Waals surface area contributed by atoms with E-state index < -0.39 is 56.0 Å². The van der Waals surface area contributed by atoms with Crippen LogP contribution in [0.5, 0.6) is 17.2 Å². The summed E-state index contributed by atoms with van der Waals surface area (Å²) in [6.45, 7) is 7.01. The second kappa shape index (κ2) is 30.8. The number of carbonyl (C=O) groups is 3. The Labute approximate surface area is 405 Å². The number of rotatable bonds is 15. The molecule has 0 heterocycles. The summed E-state index contributed by atoms with van der Waals surface area (Å²) in [6, 6.07) is 38.5. The van der Waals surface area contributed by atoms with Crippen LogP contribution in [0.4, 0.5) is 17.1 Å². The molecule has 23 heteroatoms. The summed E-state index contributed by atoms with van der Waals surface area (Å²) >= 11 is 0. The van der Waals surface area contributed by atoms with E-state index in [-0.39, 0.29) is 48.1 Å². The van der Waals surface area contributed by atoms with Crippen LogP contribution in [0.1, 0.15) is 47.8 Å². The smallest absolute Gasteiger partial charge is 0.345 e. The van der Waals surface area contributed by atoms with Gasteiger partial charge >= 0.3 is 17.9 Å². The number of phenols is 1. The van der Waals surface area contributed by atoms with Crippen molar-refractivity contribution < 1.29 is 58.7 Å². The fourth-order valence-corrected chi connectivity index (χ4v) is 5.06. The zero-order valence-electron chi connectivity index (χ0n) is 36.9. The topological polar surface area (TPSA) is 269 Å². The van der Waals surface area contributed by atoms with E-state index >= 15 is 0 Å². The molecule has 6 rings (SSSR count). The number of carbonyl (C=O) groups excluding carboxylic acids is 1. The summed E-state index contributed by atoms with van der Waals surface area (Å²) in [6.07, 6.45) is -0.463. The van der Waals surface area contributed by atoms with Crippen LogP contribution in [0.15, 0.2) is 176 Å². The van der Waals surface area contributed by atoms with Crippen LogP contribution in [0.25, 0.3) is 0 Å². The van der Waals surface area contributed by atoms with Crippen molar-refractivity contribution in [1.82, 2.24) is 0 Å². The van der Waals surface area contributed by atoms with E-state index in [2.05, 4.69) is 30.4 Å². The number of nitrogens with zero attached hydrogens (tertiary/aromatic N) is 3. The zero-order chi connectivity index (χ0) is 52.0. The molecule has 0 aliphatic carbocycles. The molecule has 0 unspecified atom stereocenters. The van der Waals surface area contributed by atoms with E-state index in [0.29, 0.717) is 5.75 Å². The first-order chi connectivity index (χ1) is 33.4. The quantitative estimate of drug-likeness (QED) is 0.0292. The number of phenolic OH excluding ortho intramolecular Hbond substituents is 1. The number of nitro benzene ring substituents is 3. The maximum absolute atomic E-state index is 12.4. The van der Waals surface area contributed by atoms with Crippen molar-refractivity contribution in [2.45, 2.75) is 19.8 Å². The first kappa shape index (κ1) is 56.9. The van der Waals surface area contributed by atoms with Crippen molar-refractivity contribution in [3.05, 3.63) is 240 Å². The van der Waals surface area contributed by atoms with Gasteiger partial charge in [-0.15, -0.1) is 0 Å². The van der Waals surface area contributed by atoms with Crippen LogP contribution in [-0.2, 0) is 24.6 Å². The Kier molecular flexibility index (Phi) is 25.1. The predicted molar refractivity (Wildman–Crippen MR) is 263 cm³/mol. The maximum Gasteiger partial charge on any atom is 0.345 e. The third-order valence-corrected chi connectivity index (χ3v) is 8.30. The van der Waals surface area contributed by atoms with Crippen LogP contribution < -0.4 is 9.47 Å². The largest absolute Gasteiger partial charge is 0.508 e. The number of esters is 1. The molecule has 0 saturated carbocycles. The lowest BCUT2D eigenvalue weighted by Gasteiger charge is -2.09. The van der Waals surface area contributed by atoms with Crippen molar-refractivity contribution >= 4 is 71.6 Å². The van der Waals surface area contributed by atoms with E-state index in [4.69, 9.17) is 52.7 Å². The second-order valence-electron chi connectivity index (χ2n) is 13.3. The number of hydrogen-bond acceptors (Lipinski definition) is 13. The van der Waals surface area contributed by atoms with Crippen molar-refractivity contribution in [2.75, 3.05) is 0 Å². The fraction of sp³-hybridized carbons (Fsp3) is 0.0638. The highest BCUT2D eigenvalue weighted by atomic mass is 16.6. The molecular formula is C47H37B5N3O15. The molecule has 70 heavy (non-hydrogen) atoms. The lowest BCUT2D eigenvalue weighted by atomic mass is 8.97. The van der Waals surface area contributed by atoms with Crippen molar-refractivity contribution in [1.29, 1.82) is 0 Å². The number of benzene rings is 6. The van der Waals surface area contributed by atoms with Crippen molar-refractivity contribution in [3.63, 3.8) is 0 Å². The summed E-state index contributed by atoms with van der Waals surface area (Å²) in [5.74, 6) is -3.25. The van der Waals surface area contributed by atoms with Crippen LogP contribution in [0.2, 0.25) is 0 Å². The molecule has 0 aliphatic heterocycles. The predicted octanol–water partition coefficient (Wildman–Crippen LogP) is 7.76. The Bertz CT molecular complexity index is 2810. The lowest BCUT2D eigenvalue weighted by Crippen LogP contribution is -2.23. The molecule has 6 aromatic rings. The van der Waals surface area contributed by atoms with E-state index in [0.717, 1.165) is 47.0 Å². The average Bonchev–Trinajstić information content (AvgIpc) is 3.36. The fourth-order valence-electron chi connectivity index (χ4n) is 5.06. The van der Waals surface area contributed by atoms with Gasteiger partial charge in [-0.05, 0) is 53.8 Å². The zero-order valence-corrected chi connectivity index (χ0v) is 36.9. The highest BCUT2D eigenvalue weighted by Gasteiger charge is 2.23. The molecule has 18 nitrogen and oxygen atoms in total. The van der Waals surface area contributed by atoms with Gasteiger partial charge in [-0.3, -0.25) is 30.3 Å². The van der Waals surface area contributed by atoms with Crippen molar-refractivity contribution in [2.24, 2.45) is 0 Å². The van der Waals surface area contributed by atoms with Crippen molar-refractivity contribution in [3.8, 4) is 17.2 Å². The number of aromatic carboxylic acids is 2. The molecule has 0 aromatic heterocycles. The van der Waals surface area contributed by atoms with Gasteiger partial charge in [0.2, 0.25) is 0 Å². The highest BCUT2D eigenvalue weighted by Crippen LogP contribution is 2.27. The minimum atomic E-state index is -1.44. The summed E-state index contributed by atoms with van der Waals surface area (Å²) in [7, 11) is 15.8. The number of hydrogen-bond donors (Lipinski definition) is 3. The van der Waals surface area contributed by atoms with Gasteiger partial charge in [0.25, 0.3) is 17.1 Å². The van der Waals surface area contributed by atoms with E-state index in [1.807, 2.05) is 78.9 Å². The Morgan fingerprint density at radius 3 is 1.26 bits per heavy atom. The molecule has 0 bridgehead atoms. The lowest BCUT2D eigenvalue weighted by molar-refractivity contribution is -0.385. The summed E-state index contributed by atoms with van der Waals surface area (Å²) in [4.78, 5) is 63.9. The third-order valence-electron chi connectivity index (χ3n) is 8.30. The Balaban J connectivity index is 0.000000342. The molecule has 0 saturated heterocycles. The molecule has 0 fully saturated rings. The molecule has 3 N–H and O–H groups in total. The number of nitro groups is 3. The Hall–Kier alpha value is -9.27. The number of carboxylic acid groups (broad SMARTS) is 2. The molecule has 7 radical (unpaired) electrons. The monoisotopic (exact) mass is 938 g/mol. The third kappa shape index (κ3) is 20.9. The maximum atomic E-state index is 12.4. The first-order valence-corrected chi connectivity index (χ1v) is 19.8. The van der Waals surface area contributed by atoms with Gasteiger partial charge in [-0.2, -0.15) is 0 Å². The SMILES string of the molecule is C=C=C=C=C.O=C(O)c1cc(O)ccc1[N+](=O)[O-].O=C(O)c1cc(OCc2ccccc2)ccc1[N+](=O)[O-].O=C(OCc1ccccc1)c1cc(OCc2ccccc2)ccc1[N+](=O)[O-].[B][B]B([B])[B]. The van der Waals surface area contributed by atoms with Gasteiger partial charge in [-0.1, -0.05) is 102 Å². The van der Waals surface area contributed by atoms with E-state index in [1.165, 1.54) is 31.3 Å². The molecule has 0 amide bonds. The van der Waals surface area contributed by atoms with Gasteiger partial charge in [0.15, 0.2) is 0 Å². The van der Waals surface area contributed by atoms with Gasteiger partial charge in [0.1, 0.15) is 53.8 Å². The number of ether oxygens (including phenoxy) is 3. The molecule has 6 aromatic carbocycles. The summed E-state index contributed by atoms with van der Waals surface area (Å²) in [5.41, 5.74) is 7.38. The van der Waals surface area contributed by atoms with Gasteiger partial charge in [0, 0.05) is 73.1 Å². The van der Waals surface area contributed by atoms with Crippen LogP contribution in [0, 0.1) is 30.3 Å². The van der Waals surface area contributed by atoms with Crippen LogP contribution in [0.3, 0.4) is 0 Å². The minimum Gasteiger partial charge on any atom is -0.508 e. The van der Waals surface area contributed by atoms with Crippen LogP contribution in [-0.4, -0.2) is 84.7 Å². The minimum absolute atomic E-state index is 0.0337. The average molecular weight is 938 g/mol. The number of carboxylic acids is 2. The van der Waals surface area contributed by atoms with Gasteiger partial charge in [0.05, 0.1) is 14.8 Å². The standard InChI is InChI=1S/C21H17NO5.C14H11NO5.C7H5NO5.C5H4.B5/c23-21(27-15-17-9-5-2-6-10-17)19-13-18(11-12-20(19)22(24)25)26-14-16-7-3-1-4-8-16;16-14(17)12-8-11(6-7-13(12)15(18)19)20-9-10-4-2-1-3-5-10;9-4-1-2-6(8(12)13)5(3-4)7(10)11;1-3-5-4-2;1-4-5(2)3/h1-13H,14-15H2;1-8H,9H2,(H,16,17);1-3,9H,(H,10,11);1-2H2;. The van der Waals surface area contributed by atoms with Crippen LogP contribution >= 0.6 is 0 Å². The number of aromatic hydroxyl groups is 1. The highest BCUT2D eigenvalue weighted by molar-refractivity contribution is 7.60. The van der Waals surface area contributed by atoms with E-state index in [1.54, 1.807) is 12.1 Å². The second-order valence-corrected chi connectivity index (χ2v) is 13.3. The normalized spacial score (nSPS) is 9.26. The molecular weight excluding hydrogens is 901 g/mol. The van der Waals surface area contributed by atoms with Gasteiger partial charge in [-0.25, -0.2) is 14.4 Å². The Morgan fingerprint density at radius 1 is 0.571 bits per heavy atom. The molecule has 0 atom stereocenters. The summed E-state index contributed by atoms with van der Waals surface area (Å²) in [5, 5.41) is 58.6.